The number of benzene rings is 1. The molecule has 1 saturated carbocycles. The van der Waals surface area contributed by atoms with Gasteiger partial charge in [-0.1, -0.05) is 53.9 Å². The molecule has 0 bridgehead atoms. The van der Waals surface area contributed by atoms with Gasteiger partial charge in [0.1, 0.15) is 23.2 Å². The second kappa shape index (κ2) is 11.8. The smallest absolute Gasteiger partial charge is 0.408 e. The molecule has 12 heteroatoms. The zero-order valence-corrected chi connectivity index (χ0v) is 25.5. The van der Waals surface area contributed by atoms with Crippen LogP contribution in [0.15, 0.2) is 41.6 Å². The summed E-state index contributed by atoms with van der Waals surface area (Å²) in [5.74, 6) is -2.47. The lowest BCUT2D eigenvalue weighted by Gasteiger charge is -2.30. The van der Waals surface area contributed by atoms with Gasteiger partial charge in [-0.25, -0.2) is 9.59 Å². The molecule has 3 amide bonds. The van der Waals surface area contributed by atoms with Crippen molar-refractivity contribution in [3.63, 3.8) is 0 Å². The Kier molecular flexibility index (Phi) is 8.48. The molecule has 1 aromatic carbocycles. The SMILES string of the molecule is CC(C)(C)OC(=O)N[C@H]1CCCCC/C=C\[C@@H]2C[C@@]2(C(=O)O)NC(=O)[C@@H]2C[C@@]3(CC(c4cccc(Cl)c4)=NO3)CN2C1=O. The number of carboxylic acid groups (broad SMARTS) is 1. The van der Waals surface area contributed by atoms with Crippen LogP contribution in [0.1, 0.15) is 77.7 Å². The van der Waals surface area contributed by atoms with E-state index in [1.54, 1.807) is 39.0 Å². The standard InChI is InChI=1S/C31H39ClN4O7/c1-29(2,3)42-28(41)33-22-13-8-6-4-5-7-11-20-15-31(20,27(39)40)34-25(37)24-17-30(18-36(24)26(22)38)16-23(35-43-30)19-10-9-12-21(32)14-19/h7,9-12,14,20,22,24H,4-6,8,13,15-18H2,1-3H3,(H,33,41)(H,34,37)(H,39,40)/b11-7-/t20-,22+,24+,30+,31-/m1/s1. The molecule has 3 N–H and O–H groups in total. The van der Waals surface area contributed by atoms with E-state index in [2.05, 4.69) is 15.8 Å². The number of aliphatic carboxylic acids is 1. The molecule has 3 heterocycles. The van der Waals surface area contributed by atoms with Gasteiger partial charge in [0.15, 0.2) is 5.60 Å². The van der Waals surface area contributed by atoms with Crippen molar-refractivity contribution in [1.29, 1.82) is 0 Å². The van der Waals surface area contributed by atoms with E-state index in [1.807, 2.05) is 18.2 Å². The van der Waals surface area contributed by atoms with Crippen LogP contribution < -0.4 is 10.6 Å². The van der Waals surface area contributed by atoms with Crippen LogP contribution in [0.4, 0.5) is 4.79 Å². The summed E-state index contributed by atoms with van der Waals surface area (Å²) in [4.78, 5) is 60.6. The summed E-state index contributed by atoms with van der Waals surface area (Å²) in [6.07, 6.45) is 7.22. The van der Waals surface area contributed by atoms with Gasteiger partial charge < -0.3 is 30.2 Å². The molecule has 11 nitrogen and oxygen atoms in total. The van der Waals surface area contributed by atoms with Crippen molar-refractivity contribution in [3.05, 3.63) is 47.0 Å². The lowest BCUT2D eigenvalue weighted by atomic mass is 9.91. The maximum atomic E-state index is 14.2. The van der Waals surface area contributed by atoms with Gasteiger partial charge in [0.05, 0.1) is 12.3 Å². The van der Waals surface area contributed by atoms with E-state index in [0.29, 0.717) is 30.0 Å². The fourth-order valence-corrected chi connectivity index (χ4v) is 6.36. The maximum absolute atomic E-state index is 14.2. The van der Waals surface area contributed by atoms with Crippen molar-refractivity contribution in [2.24, 2.45) is 11.1 Å². The largest absolute Gasteiger partial charge is 0.479 e. The molecule has 4 aliphatic rings. The first-order valence-corrected chi connectivity index (χ1v) is 15.2. The van der Waals surface area contributed by atoms with Crippen LogP contribution in [0.2, 0.25) is 5.02 Å². The number of nitrogens with zero attached hydrogens (tertiary/aromatic N) is 2. The van der Waals surface area contributed by atoms with E-state index in [0.717, 1.165) is 24.8 Å². The monoisotopic (exact) mass is 614 g/mol. The second-order valence-corrected chi connectivity index (χ2v) is 13.5. The Bertz CT molecular complexity index is 1360. The van der Waals surface area contributed by atoms with Gasteiger partial charge in [-0.3, -0.25) is 9.59 Å². The average Bonchev–Trinajstić information content (AvgIpc) is 3.27. The predicted molar refractivity (Wildman–Crippen MR) is 159 cm³/mol. The van der Waals surface area contributed by atoms with Gasteiger partial charge in [-0.15, -0.1) is 0 Å². The lowest BCUT2D eigenvalue weighted by molar-refractivity contribution is -0.145. The number of ether oxygens (including phenoxy) is 1. The fraction of sp³-hybridized carbons (Fsp3) is 0.581. The molecular formula is C31H39ClN4O7. The number of halogens is 1. The van der Waals surface area contributed by atoms with E-state index in [4.69, 9.17) is 21.2 Å². The summed E-state index contributed by atoms with van der Waals surface area (Å²) in [6, 6.07) is 5.21. The minimum absolute atomic E-state index is 0.0351. The van der Waals surface area contributed by atoms with Crippen LogP contribution >= 0.6 is 11.6 Å². The van der Waals surface area contributed by atoms with Gasteiger partial charge in [-0.2, -0.15) is 0 Å². The lowest BCUT2D eigenvalue weighted by Crippen LogP contribution is -2.56. The number of alkyl carbamates (subject to hydrolysis) is 1. The van der Waals surface area contributed by atoms with E-state index in [-0.39, 0.29) is 25.3 Å². The van der Waals surface area contributed by atoms with Gasteiger partial charge in [-0.05, 0) is 58.6 Å². The van der Waals surface area contributed by atoms with Crippen molar-refractivity contribution in [1.82, 2.24) is 15.5 Å². The van der Waals surface area contributed by atoms with Crippen LogP contribution in [-0.2, 0) is 24.0 Å². The zero-order chi connectivity index (χ0) is 31.0. The normalized spacial score (nSPS) is 31.9. The topological polar surface area (TPSA) is 147 Å². The predicted octanol–water partition coefficient (Wildman–Crippen LogP) is 4.18. The summed E-state index contributed by atoms with van der Waals surface area (Å²) in [6.45, 7) is 5.25. The highest BCUT2D eigenvalue weighted by molar-refractivity contribution is 6.31. The molecule has 43 heavy (non-hydrogen) atoms. The highest BCUT2D eigenvalue weighted by Gasteiger charge is 2.62. The first kappa shape index (κ1) is 30.8. The Morgan fingerprint density at radius 3 is 2.72 bits per heavy atom. The number of hydrogen-bond acceptors (Lipinski definition) is 7. The average molecular weight is 615 g/mol. The second-order valence-electron chi connectivity index (χ2n) is 13.0. The number of carbonyl (C=O) groups excluding carboxylic acids is 3. The molecule has 5 rings (SSSR count). The van der Waals surface area contributed by atoms with Gasteiger partial charge in [0.25, 0.3) is 0 Å². The quantitative estimate of drug-likeness (QED) is 0.433. The maximum Gasteiger partial charge on any atom is 0.408 e. The Balaban J connectivity index is 1.44. The molecule has 3 aliphatic heterocycles. The Morgan fingerprint density at radius 2 is 2.00 bits per heavy atom. The number of rotatable bonds is 3. The fourth-order valence-electron chi connectivity index (χ4n) is 6.17. The van der Waals surface area contributed by atoms with Crippen LogP contribution in [0.25, 0.3) is 0 Å². The molecular weight excluding hydrogens is 576 g/mol. The number of allylic oxidation sites excluding steroid dienone is 1. The van der Waals surface area contributed by atoms with Gasteiger partial charge in [0.2, 0.25) is 11.8 Å². The minimum Gasteiger partial charge on any atom is -0.479 e. The highest BCUT2D eigenvalue weighted by atomic mass is 35.5. The summed E-state index contributed by atoms with van der Waals surface area (Å²) < 4.78 is 5.44. The van der Waals surface area contributed by atoms with Crippen molar-refractivity contribution in [2.45, 2.75) is 101 Å². The Hall–Kier alpha value is -3.60. The van der Waals surface area contributed by atoms with E-state index in [1.165, 1.54) is 4.90 Å². The van der Waals surface area contributed by atoms with Crippen LogP contribution in [0.3, 0.4) is 0 Å². The third kappa shape index (κ3) is 6.82. The van der Waals surface area contributed by atoms with E-state index in [9.17, 15) is 24.3 Å². The van der Waals surface area contributed by atoms with Crippen molar-refractivity contribution in [2.75, 3.05) is 6.54 Å². The molecule has 0 unspecified atom stereocenters. The molecule has 1 spiro atoms. The summed E-state index contributed by atoms with van der Waals surface area (Å²) in [5.41, 5.74) is -1.79. The molecule has 0 radical (unpaired) electrons. The molecule has 2 fully saturated rings. The van der Waals surface area contributed by atoms with Crippen LogP contribution in [0.5, 0.6) is 0 Å². The molecule has 1 saturated heterocycles. The first-order valence-electron chi connectivity index (χ1n) is 14.8. The number of fused-ring (bicyclic) bond motifs is 2. The summed E-state index contributed by atoms with van der Waals surface area (Å²) in [5, 5.41) is 20.4. The minimum atomic E-state index is -1.43. The van der Waals surface area contributed by atoms with E-state index < -0.39 is 52.7 Å². The summed E-state index contributed by atoms with van der Waals surface area (Å²) >= 11 is 6.19. The summed E-state index contributed by atoms with van der Waals surface area (Å²) in [7, 11) is 0. The number of hydrogen-bond donors (Lipinski definition) is 3. The van der Waals surface area contributed by atoms with E-state index >= 15 is 0 Å². The number of nitrogens with one attached hydrogen (secondary N) is 2. The molecule has 0 aromatic heterocycles. The molecule has 1 aliphatic carbocycles. The van der Waals surface area contributed by atoms with Gasteiger partial charge in [0, 0.05) is 29.3 Å². The third-order valence-corrected chi connectivity index (χ3v) is 8.68. The highest BCUT2D eigenvalue weighted by Crippen LogP contribution is 2.46. The van der Waals surface area contributed by atoms with Crippen LogP contribution in [-0.4, -0.2) is 75.0 Å². The Labute approximate surface area is 256 Å². The third-order valence-electron chi connectivity index (χ3n) is 8.45. The number of carbonyl (C=O) groups is 4. The number of carboxylic acids is 1. The van der Waals surface area contributed by atoms with Crippen LogP contribution in [0, 0.1) is 5.92 Å². The van der Waals surface area contributed by atoms with Crippen molar-refractivity contribution in [3.8, 4) is 0 Å². The van der Waals surface area contributed by atoms with Crippen molar-refractivity contribution >= 4 is 41.2 Å². The molecule has 1 aromatic rings. The zero-order valence-electron chi connectivity index (χ0n) is 24.7. The molecule has 232 valence electrons. The van der Waals surface area contributed by atoms with Gasteiger partial charge >= 0.3 is 12.1 Å². The first-order chi connectivity index (χ1) is 20.3. The van der Waals surface area contributed by atoms with Crippen molar-refractivity contribution < 1.29 is 33.9 Å². The molecule has 5 atom stereocenters. The number of amides is 3. The number of oxime groups is 1. The Morgan fingerprint density at radius 1 is 1.21 bits per heavy atom.